The Hall–Kier alpha value is -3.63. The van der Waals surface area contributed by atoms with Gasteiger partial charge in [0.25, 0.3) is 0 Å². The molecule has 4 rings (SSSR count). The van der Waals surface area contributed by atoms with Crippen LogP contribution < -0.4 is 9.47 Å². The second-order valence-corrected chi connectivity index (χ2v) is 9.40. The van der Waals surface area contributed by atoms with Crippen LogP contribution in [-0.2, 0) is 6.61 Å². The predicted molar refractivity (Wildman–Crippen MR) is 135 cm³/mol. The van der Waals surface area contributed by atoms with Crippen LogP contribution in [0.15, 0.2) is 71.9 Å². The first-order valence-corrected chi connectivity index (χ1v) is 12.1. The van der Waals surface area contributed by atoms with Crippen molar-refractivity contribution in [2.45, 2.75) is 23.9 Å². The zero-order valence-electron chi connectivity index (χ0n) is 19.4. The molecule has 0 amide bonds. The summed E-state index contributed by atoms with van der Waals surface area (Å²) in [4.78, 5) is 11.1. The molecular formula is C25H22ClFN4O4S. The fourth-order valence-corrected chi connectivity index (χ4v) is 4.82. The Morgan fingerprint density at radius 3 is 2.47 bits per heavy atom. The van der Waals surface area contributed by atoms with E-state index in [1.807, 2.05) is 12.1 Å². The number of aryl methyl sites for hydroxylation is 1. The average molecular weight is 529 g/mol. The topological polar surface area (TPSA) is 92.3 Å². The minimum absolute atomic E-state index is 0.306. The van der Waals surface area contributed by atoms with Gasteiger partial charge in [-0.05, 0) is 66.6 Å². The number of nitro groups is 1. The second kappa shape index (κ2) is 11.4. The van der Waals surface area contributed by atoms with Gasteiger partial charge in [0, 0.05) is 15.6 Å². The molecule has 0 unspecified atom stereocenters. The summed E-state index contributed by atoms with van der Waals surface area (Å²) < 4.78 is 26.6. The number of thioether (sulfide) groups is 1. The lowest BCUT2D eigenvalue weighted by molar-refractivity contribution is -0.479. The monoisotopic (exact) mass is 528 g/mol. The number of halogens is 2. The number of hydrogen-bond donors (Lipinski definition) is 0. The van der Waals surface area contributed by atoms with E-state index in [2.05, 4.69) is 10.2 Å². The highest BCUT2D eigenvalue weighted by molar-refractivity contribution is 7.99. The standard InChI is InChI=1S/C25H22ClFN4O4S/c1-16-28-29-25(31(16)21-10-8-20(27)9-11-21)36-24(14-30(32)33)18-5-12-22(23(13-18)34-2)35-15-17-3-6-19(26)7-4-17/h3-13,24H,14-15H2,1-2H3/t24-/m0/s1. The number of benzene rings is 3. The molecule has 1 atom stereocenters. The number of aromatic nitrogens is 3. The summed E-state index contributed by atoms with van der Waals surface area (Å²) in [5.74, 6) is 1.17. The maximum absolute atomic E-state index is 13.4. The van der Waals surface area contributed by atoms with Crippen LogP contribution in [0.4, 0.5) is 4.39 Å². The second-order valence-electron chi connectivity index (χ2n) is 7.79. The molecule has 1 heterocycles. The van der Waals surface area contributed by atoms with Crippen LogP contribution in [0.1, 0.15) is 22.2 Å². The molecule has 0 aliphatic carbocycles. The summed E-state index contributed by atoms with van der Waals surface area (Å²) in [6, 6.07) is 18.4. The molecule has 3 aromatic carbocycles. The highest BCUT2D eigenvalue weighted by Crippen LogP contribution is 2.39. The van der Waals surface area contributed by atoms with Gasteiger partial charge in [-0.15, -0.1) is 10.2 Å². The zero-order valence-corrected chi connectivity index (χ0v) is 21.0. The summed E-state index contributed by atoms with van der Waals surface area (Å²) in [5, 5.41) is 20.3. The molecule has 186 valence electrons. The molecule has 1 aromatic heterocycles. The van der Waals surface area contributed by atoms with Crippen LogP contribution >= 0.6 is 23.4 Å². The van der Waals surface area contributed by atoms with Gasteiger partial charge in [-0.1, -0.05) is 41.6 Å². The number of hydrogen-bond acceptors (Lipinski definition) is 7. The first-order chi connectivity index (χ1) is 17.3. The Balaban J connectivity index is 1.59. The van der Waals surface area contributed by atoms with Crippen LogP contribution in [0.2, 0.25) is 5.02 Å². The molecule has 0 radical (unpaired) electrons. The van der Waals surface area contributed by atoms with Crippen molar-refractivity contribution in [1.82, 2.24) is 14.8 Å². The molecule has 4 aromatic rings. The lowest BCUT2D eigenvalue weighted by Gasteiger charge is -2.17. The summed E-state index contributed by atoms with van der Waals surface area (Å²) in [6.07, 6.45) is 0. The Morgan fingerprint density at radius 2 is 1.81 bits per heavy atom. The Morgan fingerprint density at radius 1 is 1.08 bits per heavy atom. The van der Waals surface area contributed by atoms with E-state index < -0.39 is 5.25 Å². The van der Waals surface area contributed by atoms with Gasteiger partial charge >= 0.3 is 0 Å². The lowest BCUT2D eigenvalue weighted by atomic mass is 10.1. The number of methoxy groups -OCH3 is 1. The van der Waals surface area contributed by atoms with Crippen LogP contribution in [0.5, 0.6) is 11.5 Å². The van der Waals surface area contributed by atoms with Crippen molar-refractivity contribution < 1.29 is 18.8 Å². The molecule has 0 fully saturated rings. The quantitative estimate of drug-likeness (QED) is 0.140. The van der Waals surface area contributed by atoms with E-state index in [4.69, 9.17) is 21.1 Å². The summed E-state index contributed by atoms with van der Waals surface area (Å²) in [7, 11) is 1.51. The van der Waals surface area contributed by atoms with Crippen molar-refractivity contribution in [2.24, 2.45) is 0 Å². The first-order valence-electron chi connectivity index (χ1n) is 10.9. The van der Waals surface area contributed by atoms with Crippen LogP contribution in [0.25, 0.3) is 5.69 Å². The first kappa shape index (κ1) is 25.5. The SMILES string of the molecule is COc1cc([C@H](C[N+](=O)[O-])Sc2nnc(C)n2-c2ccc(F)cc2)ccc1OCc1ccc(Cl)cc1. The average Bonchev–Trinajstić information content (AvgIpc) is 3.23. The van der Waals surface area contributed by atoms with Crippen molar-refractivity contribution in [1.29, 1.82) is 0 Å². The maximum atomic E-state index is 13.4. The van der Waals surface area contributed by atoms with Crippen molar-refractivity contribution in [2.75, 3.05) is 13.7 Å². The van der Waals surface area contributed by atoms with E-state index >= 15 is 0 Å². The Bertz CT molecular complexity index is 1350. The molecule has 0 spiro atoms. The number of nitrogens with zero attached hydrogens (tertiary/aromatic N) is 4. The van der Waals surface area contributed by atoms with Crippen molar-refractivity contribution in [3.8, 4) is 17.2 Å². The van der Waals surface area contributed by atoms with E-state index in [-0.39, 0.29) is 17.3 Å². The lowest BCUT2D eigenvalue weighted by Crippen LogP contribution is -2.11. The van der Waals surface area contributed by atoms with E-state index in [1.54, 1.807) is 54.0 Å². The highest BCUT2D eigenvalue weighted by atomic mass is 35.5. The van der Waals surface area contributed by atoms with Gasteiger partial charge < -0.3 is 9.47 Å². The molecule has 0 saturated carbocycles. The number of rotatable bonds is 10. The van der Waals surface area contributed by atoms with E-state index in [1.165, 1.54) is 31.0 Å². The summed E-state index contributed by atoms with van der Waals surface area (Å²) in [6.45, 7) is 1.72. The third kappa shape index (κ3) is 6.13. The van der Waals surface area contributed by atoms with E-state index in [0.717, 1.165) is 5.56 Å². The smallest absolute Gasteiger partial charge is 0.220 e. The largest absolute Gasteiger partial charge is 0.493 e. The third-order valence-electron chi connectivity index (χ3n) is 5.31. The van der Waals surface area contributed by atoms with Gasteiger partial charge in [-0.3, -0.25) is 14.7 Å². The van der Waals surface area contributed by atoms with Crippen molar-refractivity contribution >= 4 is 23.4 Å². The molecule has 0 N–H and O–H groups in total. The van der Waals surface area contributed by atoms with Crippen molar-refractivity contribution in [3.05, 3.63) is 105 Å². The normalized spacial score (nSPS) is 11.8. The Labute approximate surface area is 216 Å². The van der Waals surface area contributed by atoms with Gasteiger partial charge in [0.1, 0.15) is 23.5 Å². The number of ether oxygens (including phenoxy) is 2. The van der Waals surface area contributed by atoms with Gasteiger partial charge in [0.15, 0.2) is 16.7 Å². The maximum Gasteiger partial charge on any atom is 0.220 e. The van der Waals surface area contributed by atoms with Gasteiger partial charge in [0.05, 0.1) is 7.11 Å². The molecule has 0 aliphatic heterocycles. The minimum atomic E-state index is -0.595. The zero-order chi connectivity index (χ0) is 25.7. The van der Waals surface area contributed by atoms with Crippen LogP contribution in [-0.4, -0.2) is 33.3 Å². The molecule has 8 nitrogen and oxygen atoms in total. The fourth-order valence-electron chi connectivity index (χ4n) is 3.53. The predicted octanol–water partition coefficient (Wildman–Crippen LogP) is 6.07. The third-order valence-corrected chi connectivity index (χ3v) is 6.74. The molecule has 36 heavy (non-hydrogen) atoms. The summed E-state index contributed by atoms with van der Waals surface area (Å²) in [5.41, 5.74) is 2.26. The molecule has 0 aliphatic rings. The van der Waals surface area contributed by atoms with Gasteiger partial charge in [-0.25, -0.2) is 4.39 Å². The molecule has 11 heteroatoms. The molecule has 0 bridgehead atoms. The molecule has 0 saturated heterocycles. The fraction of sp³-hybridized carbons (Fsp3) is 0.200. The van der Waals surface area contributed by atoms with Crippen LogP contribution in [0.3, 0.4) is 0 Å². The van der Waals surface area contributed by atoms with Crippen LogP contribution in [0, 0.1) is 22.9 Å². The van der Waals surface area contributed by atoms with Gasteiger partial charge in [-0.2, -0.15) is 0 Å². The minimum Gasteiger partial charge on any atom is -0.493 e. The van der Waals surface area contributed by atoms with Crippen molar-refractivity contribution in [3.63, 3.8) is 0 Å². The Kier molecular flexibility index (Phi) is 8.07. The highest BCUT2D eigenvalue weighted by Gasteiger charge is 2.25. The summed E-state index contributed by atoms with van der Waals surface area (Å²) >= 11 is 7.13. The van der Waals surface area contributed by atoms with E-state index in [9.17, 15) is 14.5 Å². The van der Waals surface area contributed by atoms with E-state index in [0.29, 0.717) is 45.4 Å². The van der Waals surface area contributed by atoms with Gasteiger partial charge in [0.2, 0.25) is 6.54 Å². The molecular weight excluding hydrogens is 507 g/mol.